The average molecular weight is 308 g/mol. The molecule has 0 atom stereocenters. The van der Waals surface area contributed by atoms with E-state index < -0.39 is 0 Å². The van der Waals surface area contributed by atoms with Gasteiger partial charge < -0.3 is 4.74 Å². The summed E-state index contributed by atoms with van der Waals surface area (Å²) in [5, 5.41) is 0. The molecule has 0 fully saturated rings. The largest absolute Gasteiger partial charge is 0.444 e. The van der Waals surface area contributed by atoms with Gasteiger partial charge >= 0.3 is 6.09 Å². The molecule has 0 aliphatic carbocycles. The number of para-hydroxylation sites is 2. The predicted molar refractivity (Wildman–Crippen MR) is 90.3 cm³/mol. The normalized spacial score (nSPS) is 11.1. The van der Waals surface area contributed by atoms with E-state index in [-0.39, 0.29) is 12.7 Å². The number of rotatable bonds is 4. The van der Waals surface area contributed by atoms with Gasteiger partial charge in [-0.05, 0) is 23.6 Å². The minimum absolute atomic E-state index is 0.257. The zero-order valence-corrected chi connectivity index (χ0v) is 13.4. The third-order valence-electron chi connectivity index (χ3n) is 3.61. The van der Waals surface area contributed by atoms with Crippen LogP contribution in [0, 0.1) is 5.92 Å². The van der Waals surface area contributed by atoms with Crippen LogP contribution in [0.1, 0.15) is 25.2 Å². The van der Waals surface area contributed by atoms with Crippen molar-refractivity contribution >= 4 is 17.1 Å². The van der Waals surface area contributed by atoms with Gasteiger partial charge in [0.25, 0.3) is 0 Å². The van der Waals surface area contributed by atoms with E-state index in [9.17, 15) is 4.79 Å². The summed E-state index contributed by atoms with van der Waals surface area (Å²) < 4.78 is 7.08. The number of nitrogens with zero attached hydrogens (tertiary/aromatic N) is 2. The molecule has 4 nitrogen and oxygen atoms in total. The fourth-order valence-corrected chi connectivity index (χ4v) is 2.57. The predicted octanol–water partition coefficient (Wildman–Crippen LogP) is 4.42. The Bertz CT molecular complexity index is 807. The molecular formula is C19H20N2O2. The molecule has 1 heterocycles. The first-order chi connectivity index (χ1) is 11.1. The number of aromatic nitrogens is 2. The fraction of sp³-hybridized carbons (Fsp3) is 0.263. The van der Waals surface area contributed by atoms with Crippen LogP contribution in [0.3, 0.4) is 0 Å². The number of hydrogen-bond acceptors (Lipinski definition) is 3. The highest BCUT2D eigenvalue weighted by Crippen LogP contribution is 2.19. The Morgan fingerprint density at radius 3 is 2.52 bits per heavy atom. The minimum atomic E-state index is -0.377. The van der Waals surface area contributed by atoms with Crippen molar-refractivity contribution in [2.45, 2.75) is 26.9 Å². The Morgan fingerprint density at radius 1 is 1.09 bits per heavy atom. The molecule has 2 aromatic carbocycles. The number of fused-ring (bicyclic) bond motifs is 1. The topological polar surface area (TPSA) is 44.1 Å². The van der Waals surface area contributed by atoms with Crippen LogP contribution in [-0.4, -0.2) is 15.6 Å². The molecule has 4 heteroatoms. The zero-order valence-electron chi connectivity index (χ0n) is 13.4. The summed E-state index contributed by atoms with van der Waals surface area (Å²) in [6, 6.07) is 17.3. The van der Waals surface area contributed by atoms with Gasteiger partial charge in [-0.25, -0.2) is 14.3 Å². The van der Waals surface area contributed by atoms with E-state index in [1.165, 1.54) is 0 Å². The van der Waals surface area contributed by atoms with E-state index in [4.69, 9.17) is 4.74 Å². The summed E-state index contributed by atoms with van der Waals surface area (Å²) in [7, 11) is 0. The molecule has 3 aromatic rings. The van der Waals surface area contributed by atoms with Crippen molar-refractivity contribution in [2.24, 2.45) is 5.92 Å². The SMILES string of the molecule is CC(C)Cc1nc2ccccc2n1C(=O)OCc1ccccc1. The molecule has 0 aliphatic rings. The number of carbonyl (C=O) groups excluding carboxylic acids is 1. The smallest absolute Gasteiger partial charge is 0.420 e. The molecule has 0 saturated carbocycles. The first kappa shape index (κ1) is 15.3. The summed E-state index contributed by atoms with van der Waals surface area (Å²) in [4.78, 5) is 17.2. The maximum absolute atomic E-state index is 12.6. The maximum atomic E-state index is 12.6. The minimum Gasteiger partial charge on any atom is -0.444 e. The monoisotopic (exact) mass is 308 g/mol. The van der Waals surface area contributed by atoms with Crippen molar-refractivity contribution in [1.29, 1.82) is 0 Å². The molecule has 0 aliphatic heterocycles. The Hall–Kier alpha value is -2.62. The van der Waals surface area contributed by atoms with Crippen molar-refractivity contribution in [1.82, 2.24) is 9.55 Å². The van der Waals surface area contributed by atoms with Gasteiger partial charge in [0.2, 0.25) is 0 Å². The van der Waals surface area contributed by atoms with Gasteiger partial charge in [0.15, 0.2) is 0 Å². The highest BCUT2D eigenvalue weighted by atomic mass is 16.5. The lowest BCUT2D eigenvalue weighted by Gasteiger charge is -2.10. The first-order valence-corrected chi connectivity index (χ1v) is 7.82. The quantitative estimate of drug-likeness (QED) is 0.716. The number of carbonyl (C=O) groups is 1. The highest BCUT2D eigenvalue weighted by molar-refractivity contribution is 5.87. The van der Waals surface area contributed by atoms with Crippen LogP contribution in [0.4, 0.5) is 4.79 Å². The van der Waals surface area contributed by atoms with E-state index in [0.717, 1.165) is 28.8 Å². The third kappa shape index (κ3) is 3.42. The van der Waals surface area contributed by atoms with Crippen LogP contribution in [0.5, 0.6) is 0 Å². The highest BCUT2D eigenvalue weighted by Gasteiger charge is 2.18. The molecule has 3 rings (SSSR count). The van der Waals surface area contributed by atoms with E-state index in [0.29, 0.717) is 5.92 Å². The summed E-state index contributed by atoms with van der Waals surface area (Å²) in [6.07, 6.45) is 0.355. The van der Waals surface area contributed by atoms with Crippen LogP contribution < -0.4 is 0 Å². The molecule has 23 heavy (non-hydrogen) atoms. The molecule has 0 saturated heterocycles. The Morgan fingerprint density at radius 2 is 1.78 bits per heavy atom. The number of benzene rings is 2. The molecule has 0 N–H and O–H groups in total. The second-order valence-electron chi connectivity index (χ2n) is 5.99. The van der Waals surface area contributed by atoms with Crippen LogP contribution >= 0.6 is 0 Å². The van der Waals surface area contributed by atoms with Crippen LogP contribution in [0.15, 0.2) is 54.6 Å². The van der Waals surface area contributed by atoms with E-state index in [1.807, 2.05) is 54.6 Å². The summed E-state index contributed by atoms with van der Waals surface area (Å²) in [6.45, 7) is 4.48. The van der Waals surface area contributed by atoms with Crippen molar-refractivity contribution < 1.29 is 9.53 Å². The number of ether oxygens (including phenoxy) is 1. The molecule has 1 aromatic heterocycles. The summed E-state index contributed by atoms with van der Waals surface area (Å²) >= 11 is 0. The van der Waals surface area contributed by atoms with Crippen molar-refractivity contribution in [3.63, 3.8) is 0 Å². The zero-order chi connectivity index (χ0) is 16.2. The third-order valence-corrected chi connectivity index (χ3v) is 3.61. The Labute approximate surface area is 135 Å². The second kappa shape index (κ2) is 6.65. The molecule has 0 radical (unpaired) electrons. The summed E-state index contributed by atoms with van der Waals surface area (Å²) in [5.41, 5.74) is 2.58. The molecule has 0 spiro atoms. The molecule has 0 bridgehead atoms. The van der Waals surface area contributed by atoms with Gasteiger partial charge in [-0.3, -0.25) is 0 Å². The van der Waals surface area contributed by atoms with Gasteiger partial charge in [0, 0.05) is 6.42 Å². The van der Waals surface area contributed by atoms with Gasteiger partial charge in [0.05, 0.1) is 11.0 Å². The molecule has 118 valence electrons. The molecule has 0 unspecified atom stereocenters. The molecular weight excluding hydrogens is 288 g/mol. The summed E-state index contributed by atoms with van der Waals surface area (Å²) in [5.74, 6) is 1.16. The van der Waals surface area contributed by atoms with Crippen molar-refractivity contribution in [3.05, 3.63) is 66.0 Å². The lowest BCUT2D eigenvalue weighted by Crippen LogP contribution is -2.17. The average Bonchev–Trinajstić information content (AvgIpc) is 2.90. The first-order valence-electron chi connectivity index (χ1n) is 7.82. The van der Waals surface area contributed by atoms with E-state index in [1.54, 1.807) is 4.57 Å². The van der Waals surface area contributed by atoms with E-state index in [2.05, 4.69) is 18.8 Å². The maximum Gasteiger partial charge on any atom is 0.420 e. The van der Waals surface area contributed by atoms with E-state index >= 15 is 0 Å². The van der Waals surface area contributed by atoms with Crippen LogP contribution in [0.2, 0.25) is 0 Å². The molecule has 0 amide bonds. The lowest BCUT2D eigenvalue weighted by molar-refractivity contribution is 0.141. The van der Waals surface area contributed by atoms with Gasteiger partial charge in [-0.15, -0.1) is 0 Å². The Kier molecular flexibility index (Phi) is 4.42. The van der Waals surface area contributed by atoms with Gasteiger partial charge in [0.1, 0.15) is 12.4 Å². The second-order valence-corrected chi connectivity index (χ2v) is 5.99. The van der Waals surface area contributed by atoms with Crippen LogP contribution in [0.25, 0.3) is 11.0 Å². The standard InChI is InChI=1S/C19H20N2O2/c1-14(2)12-18-20-16-10-6-7-11-17(16)21(18)19(22)23-13-15-8-4-3-5-9-15/h3-11,14H,12-13H2,1-2H3. The number of imidazole rings is 1. The van der Waals surface area contributed by atoms with Crippen LogP contribution in [-0.2, 0) is 17.8 Å². The Balaban J connectivity index is 1.89. The van der Waals surface area contributed by atoms with Crippen molar-refractivity contribution in [2.75, 3.05) is 0 Å². The number of hydrogen-bond donors (Lipinski definition) is 0. The van der Waals surface area contributed by atoms with Crippen molar-refractivity contribution in [3.8, 4) is 0 Å². The lowest BCUT2D eigenvalue weighted by atomic mass is 10.1. The van der Waals surface area contributed by atoms with Gasteiger partial charge in [-0.1, -0.05) is 56.3 Å². The van der Waals surface area contributed by atoms with Gasteiger partial charge in [-0.2, -0.15) is 0 Å². The fourth-order valence-electron chi connectivity index (χ4n) is 2.57.